The third-order valence-corrected chi connectivity index (χ3v) is 1.65. The van der Waals surface area contributed by atoms with Gasteiger partial charge in [0.05, 0.1) is 11.7 Å². The molecular weight excluding hydrogens is 160 g/mol. The van der Waals surface area contributed by atoms with Crippen LogP contribution in [0, 0.1) is 4.64 Å². The summed E-state index contributed by atoms with van der Waals surface area (Å²) in [6.07, 6.45) is 4.64. The van der Waals surface area contributed by atoms with Crippen molar-refractivity contribution >= 4 is 23.3 Å². The highest BCUT2D eigenvalue weighted by Crippen LogP contribution is 2.04. The third-order valence-electron chi connectivity index (χ3n) is 1.33. The van der Waals surface area contributed by atoms with Gasteiger partial charge in [0, 0.05) is 6.20 Å². The molecule has 1 N–H and O–H groups in total. The molecule has 0 radical (unpaired) electrons. The third kappa shape index (κ3) is 0.988. The zero-order valence-corrected chi connectivity index (χ0v) is 6.30. The summed E-state index contributed by atoms with van der Waals surface area (Å²) in [6.45, 7) is 0. The van der Waals surface area contributed by atoms with Gasteiger partial charge in [-0.05, 0) is 0 Å². The Morgan fingerprint density at radius 2 is 2.27 bits per heavy atom. The molecule has 0 aromatic carbocycles. The Hall–Kier alpha value is -1.36. The van der Waals surface area contributed by atoms with Crippen molar-refractivity contribution in [2.24, 2.45) is 0 Å². The largest absolute Gasteiger partial charge is 0.330 e. The predicted octanol–water partition coefficient (Wildman–Crippen LogP) is 1.08. The zero-order chi connectivity index (χ0) is 7.68. The Bertz CT molecular complexity index is 430. The summed E-state index contributed by atoms with van der Waals surface area (Å²) < 4.78 is 0.527. The molecule has 0 aliphatic rings. The lowest BCUT2D eigenvalue weighted by molar-refractivity contribution is 1.13. The maximum Gasteiger partial charge on any atom is 0.144 e. The molecule has 2 aromatic rings. The van der Waals surface area contributed by atoms with Gasteiger partial charge in [-0.2, -0.15) is 0 Å². The van der Waals surface area contributed by atoms with E-state index in [0.29, 0.717) is 4.64 Å². The van der Waals surface area contributed by atoms with Crippen LogP contribution in [0.2, 0.25) is 0 Å². The van der Waals surface area contributed by atoms with Crippen molar-refractivity contribution in [3.8, 4) is 0 Å². The first-order valence-corrected chi connectivity index (χ1v) is 3.42. The van der Waals surface area contributed by atoms with Crippen molar-refractivity contribution in [2.45, 2.75) is 0 Å². The molecule has 0 unspecified atom stereocenters. The van der Waals surface area contributed by atoms with E-state index < -0.39 is 0 Å². The first kappa shape index (κ1) is 6.36. The van der Waals surface area contributed by atoms with Crippen molar-refractivity contribution < 1.29 is 0 Å². The lowest BCUT2D eigenvalue weighted by Gasteiger charge is -1.92. The van der Waals surface area contributed by atoms with E-state index in [1.54, 1.807) is 6.20 Å². The van der Waals surface area contributed by atoms with Gasteiger partial charge in [0.25, 0.3) is 0 Å². The number of H-pyrrole nitrogens is 1. The van der Waals surface area contributed by atoms with E-state index in [0.717, 1.165) is 11.0 Å². The minimum Gasteiger partial charge on any atom is -0.330 e. The summed E-state index contributed by atoms with van der Waals surface area (Å²) in [5.41, 5.74) is 0.722. The molecule has 4 nitrogen and oxygen atoms in total. The van der Waals surface area contributed by atoms with E-state index in [1.807, 2.05) is 0 Å². The van der Waals surface area contributed by atoms with Gasteiger partial charge in [0.2, 0.25) is 0 Å². The second-order valence-corrected chi connectivity index (χ2v) is 2.38. The smallest absolute Gasteiger partial charge is 0.144 e. The van der Waals surface area contributed by atoms with E-state index in [2.05, 4.69) is 19.9 Å². The summed E-state index contributed by atoms with van der Waals surface area (Å²) in [7, 11) is 0. The fraction of sp³-hybridized carbons (Fsp3) is 0. The van der Waals surface area contributed by atoms with Crippen LogP contribution >= 0.6 is 12.2 Å². The van der Waals surface area contributed by atoms with Crippen molar-refractivity contribution in [3.05, 3.63) is 23.5 Å². The second-order valence-electron chi connectivity index (χ2n) is 1.99. The first-order valence-electron chi connectivity index (χ1n) is 3.01. The molecule has 0 bridgehead atoms. The number of aromatic nitrogens is 4. The van der Waals surface area contributed by atoms with Gasteiger partial charge >= 0.3 is 0 Å². The number of nitrogens with zero attached hydrogens (tertiary/aromatic N) is 3. The second kappa shape index (κ2) is 2.35. The summed E-state index contributed by atoms with van der Waals surface area (Å²) in [4.78, 5) is 14.6. The van der Waals surface area contributed by atoms with Gasteiger partial charge in [0.15, 0.2) is 0 Å². The monoisotopic (exact) mass is 164 g/mol. The molecule has 0 fully saturated rings. The summed E-state index contributed by atoms with van der Waals surface area (Å²) >= 11 is 4.94. The van der Waals surface area contributed by atoms with Crippen LogP contribution in [0.1, 0.15) is 0 Å². The van der Waals surface area contributed by atoms with Gasteiger partial charge in [-0.25, -0.2) is 15.0 Å². The molecule has 0 atom stereocenters. The number of aromatic amines is 1. The van der Waals surface area contributed by atoms with Gasteiger partial charge in [-0.3, -0.25) is 0 Å². The normalized spacial score (nSPS) is 10.2. The summed E-state index contributed by atoms with van der Waals surface area (Å²) in [5, 5.41) is 0.782. The fourth-order valence-electron chi connectivity index (χ4n) is 0.823. The Kier molecular flexibility index (Phi) is 1.36. The SMILES string of the molecule is S=c1nc[nH]c2ncncc12. The molecule has 2 heterocycles. The first-order chi connectivity index (χ1) is 5.38. The Morgan fingerprint density at radius 3 is 3.09 bits per heavy atom. The number of rotatable bonds is 0. The average molecular weight is 164 g/mol. The van der Waals surface area contributed by atoms with Crippen LogP contribution in [0.5, 0.6) is 0 Å². The molecule has 2 rings (SSSR count). The van der Waals surface area contributed by atoms with E-state index >= 15 is 0 Å². The molecule has 0 saturated heterocycles. The molecule has 0 aliphatic heterocycles. The lowest BCUT2D eigenvalue weighted by Crippen LogP contribution is -1.86. The average Bonchev–Trinajstić information content (AvgIpc) is 2.06. The number of fused-ring (bicyclic) bond motifs is 1. The molecule has 0 amide bonds. The highest BCUT2D eigenvalue weighted by molar-refractivity contribution is 7.71. The highest BCUT2D eigenvalue weighted by atomic mass is 32.1. The molecule has 0 aliphatic carbocycles. The summed E-state index contributed by atoms with van der Waals surface area (Å²) in [6, 6.07) is 0. The van der Waals surface area contributed by atoms with Crippen molar-refractivity contribution in [3.63, 3.8) is 0 Å². The van der Waals surface area contributed by atoms with Crippen molar-refractivity contribution in [2.75, 3.05) is 0 Å². The predicted molar refractivity (Wildman–Crippen MR) is 42.5 cm³/mol. The molecule has 5 heteroatoms. The quantitative estimate of drug-likeness (QED) is 0.592. The molecule has 2 aromatic heterocycles. The number of hydrogen-bond acceptors (Lipinski definition) is 4. The van der Waals surface area contributed by atoms with Crippen LogP contribution in [0.4, 0.5) is 0 Å². The maximum absolute atomic E-state index is 4.94. The molecule has 54 valence electrons. The van der Waals surface area contributed by atoms with Crippen LogP contribution in [0.3, 0.4) is 0 Å². The lowest BCUT2D eigenvalue weighted by atomic mass is 10.4. The minimum atomic E-state index is 0.527. The molecule has 11 heavy (non-hydrogen) atoms. The van der Waals surface area contributed by atoms with Gasteiger partial charge in [-0.1, -0.05) is 12.2 Å². The highest BCUT2D eigenvalue weighted by Gasteiger charge is 1.93. The van der Waals surface area contributed by atoms with Gasteiger partial charge in [0.1, 0.15) is 16.6 Å². The fourth-order valence-corrected chi connectivity index (χ4v) is 1.02. The Balaban J connectivity index is 3.03. The minimum absolute atomic E-state index is 0.527. The maximum atomic E-state index is 4.94. The van der Waals surface area contributed by atoms with Crippen molar-refractivity contribution in [1.82, 2.24) is 19.9 Å². The standard InChI is InChI=1S/C6H4N4S/c11-6-4-1-7-2-8-5(4)9-3-10-6/h1-3H,(H,7,8,9,10,11). The van der Waals surface area contributed by atoms with Crippen LogP contribution in [-0.4, -0.2) is 19.9 Å². The van der Waals surface area contributed by atoms with Gasteiger partial charge < -0.3 is 4.98 Å². The van der Waals surface area contributed by atoms with Crippen molar-refractivity contribution in [1.29, 1.82) is 0 Å². The van der Waals surface area contributed by atoms with E-state index in [4.69, 9.17) is 12.2 Å². The molecule has 0 spiro atoms. The van der Waals surface area contributed by atoms with Crippen LogP contribution in [0.15, 0.2) is 18.9 Å². The van der Waals surface area contributed by atoms with Gasteiger partial charge in [-0.15, -0.1) is 0 Å². The number of nitrogens with one attached hydrogen (secondary N) is 1. The summed E-state index contributed by atoms with van der Waals surface area (Å²) in [5.74, 6) is 0. The van der Waals surface area contributed by atoms with E-state index in [9.17, 15) is 0 Å². The van der Waals surface area contributed by atoms with Crippen LogP contribution < -0.4 is 0 Å². The molecular formula is C6H4N4S. The number of hydrogen-bond donors (Lipinski definition) is 1. The zero-order valence-electron chi connectivity index (χ0n) is 5.48. The van der Waals surface area contributed by atoms with Crippen LogP contribution in [0.25, 0.3) is 11.0 Å². The topological polar surface area (TPSA) is 54.5 Å². The van der Waals surface area contributed by atoms with E-state index in [-0.39, 0.29) is 0 Å². The van der Waals surface area contributed by atoms with Crippen LogP contribution in [-0.2, 0) is 0 Å². The molecule has 0 saturated carbocycles. The van der Waals surface area contributed by atoms with E-state index in [1.165, 1.54) is 12.7 Å². The Labute approximate surface area is 67.4 Å². The Morgan fingerprint density at radius 1 is 1.36 bits per heavy atom.